The van der Waals surface area contributed by atoms with E-state index in [1.807, 2.05) is 32.0 Å². The van der Waals surface area contributed by atoms with Gasteiger partial charge in [0.1, 0.15) is 5.75 Å². The Morgan fingerprint density at radius 2 is 1.70 bits per heavy atom. The molecule has 0 spiro atoms. The maximum atomic E-state index is 12.5. The number of likely N-dealkylation sites (N-methyl/N-ethyl adjacent to an activating group) is 1. The van der Waals surface area contributed by atoms with Gasteiger partial charge < -0.3 is 15.3 Å². The van der Waals surface area contributed by atoms with Crippen LogP contribution in [0.5, 0.6) is 5.75 Å². The molecule has 0 unspecified atom stereocenters. The van der Waals surface area contributed by atoms with E-state index < -0.39 is 0 Å². The normalized spacial score (nSPS) is 10.5. The van der Waals surface area contributed by atoms with Crippen LogP contribution in [0.1, 0.15) is 41.3 Å². The second kappa shape index (κ2) is 9.21. The van der Waals surface area contributed by atoms with Crippen molar-refractivity contribution in [2.75, 3.05) is 20.1 Å². The number of unbranched alkanes of at least 4 members (excludes halogenated alkanes) is 1. The number of phenolic OH excluding ortho intramolecular Hbond substituents is 1. The average molecular weight is 368 g/mol. The number of carbonyl (C=O) groups excluding carboxylic acids is 2. The molecule has 0 saturated carbocycles. The van der Waals surface area contributed by atoms with Crippen molar-refractivity contribution in [1.82, 2.24) is 10.2 Å². The minimum absolute atomic E-state index is 0.0422. The van der Waals surface area contributed by atoms with Crippen molar-refractivity contribution in [3.05, 3.63) is 53.1 Å². The first-order chi connectivity index (χ1) is 12.8. The number of benzene rings is 2. The van der Waals surface area contributed by atoms with Crippen LogP contribution >= 0.6 is 0 Å². The lowest BCUT2D eigenvalue weighted by atomic mass is 9.95. The van der Waals surface area contributed by atoms with E-state index in [1.165, 1.54) is 4.90 Å². The predicted octanol–water partition coefficient (Wildman–Crippen LogP) is 3.66. The maximum absolute atomic E-state index is 12.5. The summed E-state index contributed by atoms with van der Waals surface area (Å²) in [5.41, 5.74) is 4.40. The highest BCUT2D eigenvalue weighted by molar-refractivity contribution is 5.96. The molecule has 2 rings (SSSR count). The molecule has 2 N–H and O–H groups in total. The van der Waals surface area contributed by atoms with Gasteiger partial charge in [0.25, 0.3) is 5.91 Å². The van der Waals surface area contributed by atoms with Gasteiger partial charge in [-0.2, -0.15) is 0 Å². The number of phenols is 1. The SMILES string of the molecule is CCCCNC(=O)CN(C)C(=O)c1ccc(-c2ccc(O)c(C)c2C)cc1. The Morgan fingerprint density at radius 1 is 1.04 bits per heavy atom. The van der Waals surface area contributed by atoms with Gasteiger partial charge in [-0.3, -0.25) is 9.59 Å². The summed E-state index contributed by atoms with van der Waals surface area (Å²) in [6, 6.07) is 10.9. The summed E-state index contributed by atoms with van der Waals surface area (Å²) < 4.78 is 0. The van der Waals surface area contributed by atoms with Gasteiger partial charge in [0, 0.05) is 19.2 Å². The maximum Gasteiger partial charge on any atom is 0.254 e. The molecule has 27 heavy (non-hydrogen) atoms. The van der Waals surface area contributed by atoms with E-state index in [2.05, 4.69) is 12.2 Å². The van der Waals surface area contributed by atoms with Crippen LogP contribution in [0, 0.1) is 13.8 Å². The topological polar surface area (TPSA) is 69.6 Å². The zero-order valence-corrected chi connectivity index (χ0v) is 16.5. The van der Waals surface area contributed by atoms with E-state index in [1.54, 1.807) is 25.2 Å². The van der Waals surface area contributed by atoms with E-state index in [4.69, 9.17) is 0 Å². The highest BCUT2D eigenvalue weighted by Gasteiger charge is 2.15. The molecule has 2 amide bonds. The molecule has 0 radical (unpaired) electrons. The lowest BCUT2D eigenvalue weighted by Gasteiger charge is -2.17. The molecule has 2 aromatic carbocycles. The number of aromatic hydroxyl groups is 1. The first-order valence-corrected chi connectivity index (χ1v) is 9.27. The third kappa shape index (κ3) is 5.09. The third-order valence-corrected chi connectivity index (χ3v) is 4.78. The van der Waals surface area contributed by atoms with Gasteiger partial charge in [0.2, 0.25) is 5.91 Å². The molecule has 0 atom stereocenters. The standard InChI is InChI=1S/C22H28N2O3/c1-5-6-13-23-21(26)14-24(4)22(27)18-9-7-17(8-10-18)19-11-12-20(25)16(3)15(19)2/h7-12,25H,5-6,13-14H2,1-4H3,(H,23,26). The van der Waals surface area contributed by atoms with Crippen LogP contribution in [0.15, 0.2) is 36.4 Å². The number of hydrogen-bond donors (Lipinski definition) is 2. The lowest BCUT2D eigenvalue weighted by Crippen LogP contribution is -2.38. The van der Waals surface area contributed by atoms with Gasteiger partial charge in [-0.05, 0) is 60.7 Å². The summed E-state index contributed by atoms with van der Waals surface area (Å²) in [4.78, 5) is 25.8. The third-order valence-electron chi connectivity index (χ3n) is 4.78. The second-order valence-electron chi connectivity index (χ2n) is 6.82. The van der Waals surface area contributed by atoms with Gasteiger partial charge in [0.15, 0.2) is 0 Å². The van der Waals surface area contributed by atoms with E-state index >= 15 is 0 Å². The lowest BCUT2D eigenvalue weighted by molar-refractivity contribution is -0.121. The summed E-state index contributed by atoms with van der Waals surface area (Å²) in [5.74, 6) is -0.0567. The molecule has 0 fully saturated rings. The van der Waals surface area contributed by atoms with Crippen molar-refractivity contribution in [1.29, 1.82) is 0 Å². The Morgan fingerprint density at radius 3 is 2.33 bits per heavy atom. The number of rotatable bonds is 7. The van der Waals surface area contributed by atoms with Gasteiger partial charge in [-0.1, -0.05) is 31.5 Å². The average Bonchev–Trinajstić information content (AvgIpc) is 2.66. The van der Waals surface area contributed by atoms with Crippen LogP contribution in [-0.4, -0.2) is 42.0 Å². The smallest absolute Gasteiger partial charge is 0.254 e. The van der Waals surface area contributed by atoms with Crippen LogP contribution < -0.4 is 5.32 Å². The summed E-state index contributed by atoms with van der Waals surface area (Å²) in [6.45, 7) is 6.59. The summed E-state index contributed by atoms with van der Waals surface area (Å²) in [6.07, 6.45) is 1.95. The first kappa shape index (κ1) is 20.5. The molecule has 2 aromatic rings. The molecule has 5 nitrogen and oxygen atoms in total. The van der Waals surface area contributed by atoms with Gasteiger partial charge in [0.05, 0.1) is 6.54 Å². The zero-order valence-electron chi connectivity index (χ0n) is 16.5. The molecule has 0 bridgehead atoms. The van der Waals surface area contributed by atoms with Crippen molar-refractivity contribution in [3.63, 3.8) is 0 Å². The molecule has 144 valence electrons. The van der Waals surface area contributed by atoms with Crippen molar-refractivity contribution in [3.8, 4) is 16.9 Å². The minimum Gasteiger partial charge on any atom is -0.508 e. The fourth-order valence-electron chi connectivity index (χ4n) is 2.88. The molecule has 0 heterocycles. The van der Waals surface area contributed by atoms with Crippen molar-refractivity contribution >= 4 is 11.8 Å². The highest BCUT2D eigenvalue weighted by Crippen LogP contribution is 2.30. The van der Waals surface area contributed by atoms with Gasteiger partial charge in [-0.15, -0.1) is 0 Å². The number of amides is 2. The van der Waals surface area contributed by atoms with Gasteiger partial charge >= 0.3 is 0 Å². The monoisotopic (exact) mass is 368 g/mol. The number of hydrogen-bond acceptors (Lipinski definition) is 3. The molecule has 0 aliphatic heterocycles. The molecule has 0 aliphatic rings. The van der Waals surface area contributed by atoms with E-state index in [-0.39, 0.29) is 24.1 Å². The van der Waals surface area contributed by atoms with Crippen LogP contribution in [0.2, 0.25) is 0 Å². The summed E-state index contributed by atoms with van der Waals surface area (Å²) in [5, 5.41) is 12.6. The van der Waals surface area contributed by atoms with Crippen LogP contribution in [-0.2, 0) is 4.79 Å². The zero-order chi connectivity index (χ0) is 20.0. The van der Waals surface area contributed by atoms with Crippen molar-refractivity contribution in [2.24, 2.45) is 0 Å². The quantitative estimate of drug-likeness (QED) is 0.733. The van der Waals surface area contributed by atoms with Gasteiger partial charge in [-0.25, -0.2) is 0 Å². The Labute approximate surface area is 161 Å². The molecule has 5 heteroatoms. The summed E-state index contributed by atoms with van der Waals surface area (Å²) >= 11 is 0. The number of nitrogens with zero attached hydrogens (tertiary/aromatic N) is 1. The Hall–Kier alpha value is -2.82. The number of nitrogens with one attached hydrogen (secondary N) is 1. The molecular formula is C22H28N2O3. The molecule has 0 saturated heterocycles. The first-order valence-electron chi connectivity index (χ1n) is 9.27. The summed E-state index contributed by atoms with van der Waals surface area (Å²) in [7, 11) is 1.63. The van der Waals surface area contributed by atoms with E-state index in [0.717, 1.165) is 35.1 Å². The van der Waals surface area contributed by atoms with Crippen LogP contribution in [0.25, 0.3) is 11.1 Å². The minimum atomic E-state index is -0.189. The Kier molecular flexibility index (Phi) is 6.99. The molecule has 0 aromatic heterocycles. The van der Waals surface area contributed by atoms with Crippen molar-refractivity contribution < 1.29 is 14.7 Å². The van der Waals surface area contributed by atoms with Crippen LogP contribution in [0.3, 0.4) is 0 Å². The largest absolute Gasteiger partial charge is 0.508 e. The number of carbonyl (C=O) groups is 2. The second-order valence-corrected chi connectivity index (χ2v) is 6.82. The Bertz CT molecular complexity index is 813. The molecular weight excluding hydrogens is 340 g/mol. The fourth-order valence-corrected chi connectivity index (χ4v) is 2.88. The molecule has 0 aliphatic carbocycles. The van der Waals surface area contributed by atoms with E-state index in [0.29, 0.717) is 12.1 Å². The van der Waals surface area contributed by atoms with E-state index in [9.17, 15) is 14.7 Å². The van der Waals surface area contributed by atoms with Crippen molar-refractivity contribution in [2.45, 2.75) is 33.6 Å². The van der Waals surface area contributed by atoms with Crippen LogP contribution in [0.4, 0.5) is 0 Å². The highest BCUT2D eigenvalue weighted by atomic mass is 16.3. The Balaban J connectivity index is 2.07. The predicted molar refractivity (Wildman–Crippen MR) is 108 cm³/mol. The fraction of sp³-hybridized carbons (Fsp3) is 0.364.